The Hall–Kier alpha value is 0.754. The van der Waals surface area contributed by atoms with E-state index in [0.717, 1.165) is 0 Å². The predicted octanol–water partition coefficient (Wildman–Crippen LogP) is 2.28. The Morgan fingerprint density at radius 2 is 1.90 bits per heavy atom. The molecular weight excluding hydrogens is 216 g/mol. The van der Waals surface area contributed by atoms with Gasteiger partial charge in [0, 0.05) is 0 Å². The number of rotatable bonds is 2. The first-order valence-electron chi connectivity index (χ1n) is 3.42. The summed E-state index contributed by atoms with van der Waals surface area (Å²) in [7, 11) is 0. The third kappa shape index (κ3) is 2.42. The zero-order valence-electron chi connectivity index (χ0n) is 6.12. The summed E-state index contributed by atoms with van der Waals surface area (Å²) in [5, 5.41) is 1.57. The topological polar surface area (TPSA) is 0 Å². The van der Waals surface area contributed by atoms with Gasteiger partial charge in [-0.15, -0.1) is 0 Å². The summed E-state index contributed by atoms with van der Waals surface area (Å²) in [5.41, 5.74) is 0. The van der Waals surface area contributed by atoms with Crippen molar-refractivity contribution in [2.45, 2.75) is 6.92 Å². The van der Waals surface area contributed by atoms with E-state index in [1.165, 1.54) is 36.4 Å². The summed E-state index contributed by atoms with van der Waals surface area (Å²) in [4.78, 5) is 0. The Labute approximate surface area is 82.6 Å². The van der Waals surface area contributed by atoms with Gasteiger partial charge in [0.15, 0.2) is 0 Å². The van der Waals surface area contributed by atoms with Crippen LogP contribution in [0.4, 0.5) is 0 Å². The van der Waals surface area contributed by atoms with Gasteiger partial charge in [-0.25, -0.2) is 0 Å². The van der Waals surface area contributed by atoms with E-state index < -0.39 is 0 Å². The molecule has 0 aliphatic rings. The molecule has 10 heavy (non-hydrogen) atoms. The van der Waals surface area contributed by atoms with Crippen molar-refractivity contribution in [1.29, 1.82) is 0 Å². The average Bonchev–Trinajstić information content (AvgIpc) is 2.05. The molecule has 0 radical (unpaired) electrons. The van der Waals surface area contributed by atoms with Crippen LogP contribution in [-0.4, -0.2) is 6.16 Å². The third-order valence-corrected chi connectivity index (χ3v) is 7.96. The summed E-state index contributed by atoms with van der Waals surface area (Å²) >= 11 is 1.40. The van der Waals surface area contributed by atoms with Crippen LogP contribution in [-0.2, 0) is 30.3 Å². The van der Waals surface area contributed by atoms with Crippen molar-refractivity contribution in [2.24, 2.45) is 0 Å². The fourth-order valence-corrected chi connectivity index (χ4v) is 2.99. The van der Waals surface area contributed by atoms with Crippen molar-refractivity contribution in [3.8, 4) is 0 Å². The van der Waals surface area contributed by atoms with Gasteiger partial charge in [-0.05, 0) is 0 Å². The van der Waals surface area contributed by atoms with Crippen LogP contribution in [0.25, 0.3) is 0 Å². The van der Waals surface area contributed by atoms with Crippen molar-refractivity contribution >= 4 is 9.47 Å². The second kappa shape index (κ2) is 4.60. The quantitative estimate of drug-likeness (QED) is 0.678. The standard InChI is InChI=1S/C8H10P.Y/c1-2-9-8-6-4-3-5-7-8;/h3-7H,2H2,1H3;/q-1;+1. The second-order valence-electron chi connectivity index (χ2n) is 2.12. The van der Waals surface area contributed by atoms with Crippen LogP contribution >= 0.6 is 4.17 Å². The molecular formula is C8H10PY. The molecule has 1 aromatic carbocycles. The number of hydrogen-bond acceptors (Lipinski definition) is 0. The van der Waals surface area contributed by atoms with Crippen molar-refractivity contribution in [2.75, 3.05) is 6.16 Å². The zero-order valence-corrected chi connectivity index (χ0v) is 9.85. The Kier molecular flexibility index (Phi) is 4.07. The minimum absolute atomic E-state index is 0.257. The van der Waals surface area contributed by atoms with Crippen LogP contribution in [0.15, 0.2) is 30.3 Å². The normalized spacial score (nSPS) is 12.8. The van der Waals surface area contributed by atoms with E-state index in [-0.39, 0.29) is 4.17 Å². The Balaban J connectivity index is 2.75. The van der Waals surface area contributed by atoms with Crippen molar-refractivity contribution in [3.63, 3.8) is 0 Å². The van der Waals surface area contributed by atoms with Crippen LogP contribution in [0.1, 0.15) is 6.92 Å². The van der Waals surface area contributed by atoms with Crippen LogP contribution in [0, 0.1) is 0 Å². The number of hydrogen-bond donors (Lipinski definition) is 0. The maximum absolute atomic E-state index is 2.28. The molecule has 0 aliphatic carbocycles. The van der Waals surface area contributed by atoms with Gasteiger partial charge in [0.2, 0.25) is 0 Å². The van der Waals surface area contributed by atoms with Gasteiger partial charge in [0.05, 0.1) is 0 Å². The van der Waals surface area contributed by atoms with Crippen LogP contribution in [0.3, 0.4) is 0 Å². The summed E-state index contributed by atoms with van der Waals surface area (Å²) in [5.74, 6) is 0. The van der Waals surface area contributed by atoms with Crippen molar-refractivity contribution in [1.82, 2.24) is 0 Å². The van der Waals surface area contributed by atoms with E-state index in [0.29, 0.717) is 0 Å². The predicted molar refractivity (Wildman–Crippen MR) is 43.5 cm³/mol. The molecule has 0 aromatic heterocycles. The van der Waals surface area contributed by atoms with Gasteiger partial charge in [-0.3, -0.25) is 0 Å². The van der Waals surface area contributed by atoms with E-state index >= 15 is 0 Å². The van der Waals surface area contributed by atoms with Crippen LogP contribution in [0.5, 0.6) is 0 Å². The third-order valence-electron chi connectivity index (χ3n) is 1.43. The molecule has 0 saturated carbocycles. The molecule has 0 fully saturated rings. The van der Waals surface area contributed by atoms with Gasteiger partial charge in [-0.2, -0.15) is 0 Å². The van der Waals surface area contributed by atoms with Crippen molar-refractivity contribution < 1.29 is 30.3 Å². The Morgan fingerprint density at radius 1 is 1.30 bits per heavy atom. The molecule has 0 aliphatic heterocycles. The first-order valence-corrected chi connectivity index (χ1v) is 8.82. The summed E-state index contributed by atoms with van der Waals surface area (Å²) in [6, 6.07) is 10.9. The molecule has 1 unspecified atom stereocenters. The molecule has 50 valence electrons. The van der Waals surface area contributed by atoms with E-state index in [9.17, 15) is 0 Å². The van der Waals surface area contributed by atoms with Gasteiger partial charge in [0.1, 0.15) is 0 Å². The zero-order chi connectivity index (χ0) is 7.40. The minimum atomic E-state index is 0.257. The Morgan fingerprint density at radius 3 is 2.40 bits per heavy atom. The first kappa shape index (κ1) is 8.85. The molecule has 1 aromatic rings. The summed E-state index contributed by atoms with van der Waals surface area (Å²) < 4.78 is 0.257. The van der Waals surface area contributed by atoms with E-state index in [1.54, 1.807) is 5.30 Å². The number of benzene rings is 1. The van der Waals surface area contributed by atoms with E-state index in [2.05, 4.69) is 37.3 Å². The van der Waals surface area contributed by atoms with Gasteiger partial charge < -0.3 is 0 Å². The first-order chi connectivity index (χ1) is 4.84. The van der Waals surface area contributed by atoms with Crippen LogP contribution < -0.4 is 5.30 Å². The average molecular weight is 226 g/mol. The molecule has 0 saturated heterocycles. The molecule has 2 heteroatoms. The molecule has 0 bridgehead atoms. The van der Waals surface area contributed by atoms with E-state index in [1.807, 2.05) is 0 Å². The van der Waals surface area contributed by atoms with E-state index in [4.69, 9.17) is 0 Å². The molecule has 0 heterocycles. The second-order valence-corrected chi connectivity index (χ2v) is 8.81. The molecule has 0 spiro atoms. The molecule has 0 nitrogen and oxygen atoms in total. The van der Waals surface area contributed by atoms with Crippen molar-refractivity contribution in [3.05, 3.63) is 30.3 Å². The van der Waals surface area contributed by atoms with Gasteiger partial charge in [-0.1, -0.05) is 0 Å². The van der Waals surface area contributed by atoms with Gasteiger partial charge in [0.25, 0.3) is 0 Å². The molecule has 0 amide bonds. The monoisotopic (exact) mass is 226 g/mol. The maximum atomic E-state index is 2.28. The Bertz CT molecular complexity index is 186. The van der Waals surface area contributed by atoms with Crippen LogP contribution in [0.2, 0.25) is 0 Å². The van der Waals surface area contributed by atoms with Gasteiger partial charge >= 0.3 is 83.2 Å². The SMILES string of the molecule is CC[P]([Y])c1ccccc1. The molecule has 0 N–H and O–H groups in total. The fourth-order valence-electron chi connectivity index (χ4n) is 0.802. The molecule has 1 rings (SSSR count). The summed E-state index contributed by atoms with van der Waals surface area (Å²) in [6.07, 6.45) is 1.35. The fraction of sp³-hybridized carbons (Fsp3) is 0.250. The molecule has 1 atom stereocenters. The summed E-state index contributed by atoms with van der Waals surface area (Å²) in [6.45, 7) is 2.28.